The van der Waals surface area contributed by atoms with Gasteiger partial charge in [-0.1, -0.05) is 24.6 Å². The van der Waals surface area contributed by atoms with E-state index in [2.05, 4.69) is 31.3 Å². The molecule has 0 amide bonds. The average molecular weight is 310 g/mol. The normalized spacial score (nSPS) is 12.4. The molecule has 0 saturated heterocycles. The molecular formula is C16H20ClNOS. The van der Waals surface area contributed by atoms with Crippen molar-refractivity contribution in [3.8, 4) is 5.75 Å². The first-order valence-electron chi connectivity index (χ1n) is 6.78. The Hall–Kier alpha value is -1.03. The fourth-order valence-electron chi connectivity index (χ4n) is 2.24. The molecule has 1 heterocycles. The Kier molecular flexibility index (Phi) is 5.46. The van der Waals surface area contributed by atoms with E-state index in [-0.39, 0.29) is 6.04 Å². The number of methoxy groups -OCH3 is 1. The molecule has 0 aliphatic heterocycles. The molecule has 1 aromatic carbocycles. The third-order valence-corrected chi connectivity index (χ3v) is 4.72. The van der Waals surface area contributed by atoms with Crippen LogP contribution in [0.5, 0.6) is 5.75 Å². The molecule has 0 spiro atoms. The molecule has 0 aliphatic carbocycles. The van der Waals surface area contributed by atoms with Gasteiger partial charge in [0.1, 0.15) is 5.75 Å². The van der Waals surface area contributed by atoms with Gasteiger partial charge in [0.15, 0.2) is 0 Å². The fourth-order valence-corrected chi connectivity index (χ4v) is 3.50. The number of hydrogen-bond acceptors (Lipinski definition) is 3. The summed E-state index contributed by atoms with van der Waals surface area (Å²) >= 11 is 8.02. The van der Waals surface area contributed by atoms with E-state index < -0.39 is 0 Å². The summed E-state index contributed by atoms with van der Waals surface area (Å²) < 4.78 is 5.28. The van der Waals surface area contributed by atoms with Crippen molar-refractivity contribution < 1.29 is 4.74 Å². The molecule has 1 N–H and O–H groups in total. The quantitative estimate of drug-likeness (QED) is 0.827. The number of aryl methyl sites for hydroxylation is 1. The number of rotatable bonds is 6. The lowest BCUT2D eigenvalue weighted by atomic mass is 9.99. The summed E-state index contributed by atoms with van der Waals surface area (Å²) in [6.45, 7) is 5.24. The summed E-state index contributed by atoms with van der Waals surface area (Å²) in [5.74, 6) is 0.887. The minimum atomic E-state index is 0.147. The van der Waals surface area contributed by atoms with Gasteiger partial charge in [0.05, 0.1) is 18.2 Å². The zero-order valence-corrected chi connectivity index (χ0v) is 13.6. The van der Waals surface area contributed by atoms with Crippen molar-refractivity contribution in [1.29, 1.82) is 0 Å². The van der Waals surface area contributed by atoms with Crippen LogP contribution in [-0.4, -0.2) is 13.7 Å². The molecule has 0 aliphatic rings. The SMILES string of the molecule is CCCNC(c1ccc(OC)cc1C)c1sccc1Cl. The summed E-state index contributed by atoms with van der Waals surface area (Å²) in [6, 6.07) is 8.30. The van der Waals surface area contributed by atoms with Crippen LogP contribution in [-0.2, 0) is 0 Å². The Morgan fingerprint density at radius 3 is 2.70 bits per heavy atom. The zero-order chi connectivity index (χ0) is 14.5. The van der Waals surface area contributed by atoms with Crippen LogP contribution in [0.3, 0.4) is 0 Å². The topological polar surface area (TPSA) is 21.3 Å². The van der Waals surface area contributed by atoms with Crippen molar-refractivity contribution in [3.63, 3.8) is 0 Å². The number of benzene rings is 1. The van der Waals surface area contributed by atoms with E-state index in [1.54, 1.807) is 18.4 Å². The number of hydrogen-bond donors (Lipinski definition) is 1. The van der Waals surface area contributed by atoms with Crippen molar-refractivity contribution in [2.75, 3.05) is 13.7 Å². The summed E-state index contributed by atoms with van der Waals surface area (Å²) in [4.78, 5) is 1.17. The molecule has 2 nitrogen and oxygen atoms in total. The molecule has 1 aromatic heterocycles. The van der Waals surface area contributed by atoms with Crippen LogP contribution in [0.4, 0.5) is 0 Å². The summed E-state index contributed by atoms with van der Waals surface area (Å²) in [5.41, 5.74) is 2.46. The summed E-state index contributed by atoms with van der Waals surface area (Å²) in [6.07, 6.45) is 1.09. The second-order valence-corrected chi connectivity index (χ2v) is 6.10. The van der Waals surface area contributed by atoms with Gasteiger partial charge >= 0.3 is 0 Å². The van der Waals surface area contributed by atoms with Gasteiger partial charge in [0.2, 0.25) is 0 Å². The van der Waals surface area contributed by atoms with Gasteiger partial charge in [-0.3, -0.25) is 0 Å². The maximum Gasteiger partial charge on any atom is 0.119 e. The van der Waals surface area contributed by atoms with E-state index in [0.29, 0.717) is 0 Å². The highest BCUT2D eigenvalue weighted by Gasteiger charge is 2.19. The van der Waals surface area contributed by atoms with Crippen LogP contribution < -0.4 is 10.1 Å². The van der Waals surface area contributed by atoms with Crippen molar-refractivity contribution in [1.82, 2.24) is 5.32 Å². The minimum absolute atomic E-state index is 0.147. The van der Waals surface area contributed by atoms with E-state index >= 15 is 0 Å². The summed E-state index contributed by atoms with van der Waals surface area (Å²) in [7, 11) is 1.69. The fraction of sp³-hybridized carbons (Fsp3) is 0.375. The molecule has 1 unspecified atom stereocenters. The first kappa shape index (κ1) is 15.4. The molecule has 20 heavy (non-hydrogen) atoms. The Bertz CT molecular complexity index is 567. The second kappa shape index (κ2) is 7.11. The van der Waals surface area contributed by atoms with Gasteiger partial charge in [-0.25, -0.2) is 0 Å². The predicted molar refractivity (Wildman–Crippen MR) is 87.2 cm³/mol. The summed E-state index contributed by atoms with van der Waals surface area (Å²) in [5, 5.41) is 6.46. The van der Waals surface area contributed by atoms with Crippen LogP contribution >= 0.6 is 22.9 Å². The van der Waals surface area contributed by atoms with E-state index in [1.807, 2.05) is 17.5 Å². The predicted octanol–water partition coefficient (Wildman–Crippen LogP) is 4.81. The minimum Gasteiger partial charge on any atom is -0.497 e. The molecule has 2 rings (SSSR count). The molecule has 4 heteroatoms. The lowest BCUT2D eigenvalue weighted by Crippen LogP contribution is -2.23. The van der Waals surface area contributed by atoms with Gasteiger partial charge in [-0.2, -0.15) is 0 Å². The first-order valence-corrected chi connectivity index (χ1v) is 8.04. The Balaban J connectivity index is 2.38. The highest BCUT2D eigenvalue weighted by atomic mass is 35.5. The Morgan fingerprint density at radius 1 is 1.35 bits per heavy atom. The van der Waals surface area contributed by atoms with E-state index in [4.69, 9.17) is 16.3 Å². The van der Waals surface area contributed by atoms with Crippen molar-refractivity contribution in [2.45, 2.75) is 26.3 Å². The smallest absolute Gasteiger partial charge is 0.119 e. The maximum atomic E-state index is 6.32. The van der Waals surface area contributed by atoms with Gasteiger partial charge in [-0.05, 0) is 54.6 Å². The largest absolute Gasteiger partial charge is 0.497 e. The lowest BCUT2D eigenvalue weighted by molar-refractivity contribution is 0.414. The average Bonchev–Trinajstić information content (AvgIpc) is 2.87. The number of ether oxygens (including phenoxy) is 1. The molecular weight excluding hydrogens is 290 g/mol. The van der Waals surface area contributed by atoms with Gasteiger partial charge in [0, 0.05) is 4.88 Å². The molecule has 0 saturated carbocycles. The number of halogens is 1. The lowest BCUT2D eigenvalue weighted by Gasteiger charge is -2.21. The van der Waals surface area contributed by atoms with Crippen LogP contribution in [0.1, 0.15) is 35.4 Å². The highest BCUT2D eigenvalue weighted by Crippen LogP contribution is 2.35. The van der Waals surface area contributed by atoms with Crippen LogP contribution in [0.2, 0.25) is 5.02 Å². The number of thiophene rings is 1. The van der Waals surface area contributed by atoms with E-state index in [9.17, 15) is 0 Å². The third kappa shape index (κ3) is 3.35. The van der Waals surface area contributed by atoms with Crippen LogP contribution in [0, 0.1) is 6.92 Å². The van der Waals surface area contributed by atoms with Crippen molar-refractivity contribution in [3.05, 3.63) is 50.7 Å². The maximum absolute atomic E-state index is 6.32. The zero-order valence-electron chi connectivity index (χ0n) is 12.1. The molecule has 0 fully saturated rings. The molecule has 2 aromatic rings. The van der Waals surface area contributed by atoms with E-state index in [0.717, 1.165) is 23.7 Å². The van der Waals surface area contributed by atoms with Gasteiger partial charge in [-0.15, -0.1) is 11.3 Å². The Labute approximate surface area is 129 Å². The Morgan fingerprint density at radius 2 is 2.15 bits per heavy atom. The van der Waals surface area contributed by atoms with Gasteiger partial charge < -0.3 is 10.1 Å². The van der Waals surface area contributed by atoms with E-state index in [1.165, 1.54) is 16.0 Å². The van der Waals surface area contributed by atoms with Crippen molar-refractivity contribution >= 4 is 22.9 Å². The van der Waals surface area contributed by atoms with Crippen molar-refractivity contribution in [2.24, 2.45) is 0 Å². The molecule has 0 radical (unpaired) electrons. The van der Waals surface area contributed by atoms with Crippen LogP contribution in [0.15, 0.2) is 29.6 Å². The molecule has 108 valence electrons. The second-order valence-electron chi connectivity index (χ2n) is 4.74. The van der Waals surface area contributed by atoms with Crippen LogP contribution in [0.25, 0.3) is 0 Å². The molecule has 1 atom stereocenters. The van der Waals surface area contributed by atoms with Gasteiger partial charge in [0.25, 0.3) is 0 Å². The first-order chi connectivity index (χ1) is 9.67. The monoisotopic (exact) mass is 309 g/mol. The molecule has 0 bridgehead atoms. The standard InChI is InChI=1S/C16H20ClNOS/c1-4-8-18-15(16-14(17)7-9-20-16)13-6-5-12(19-3)10-11(13)2/h5-7,9-10,15,18H,4,8H2,1-3H3. The highest BCUT2D eigenvalue weighted by molar-refractivity contribution is 7.10. The number of nitrogens with one attached hydrogen (secondary N) is 1. The third-order valence-electron chi connectivity index (χ3n) is 3.29.